The number of benzene rings is 3. The van der Waals surface area contributed by atoms with Crippen LogP contribution in [0.15, 0.2) is 85.5 Å². The van der Waals surface area contributed by atoms with Gasteiger partial charge in [0.05, 0.1) is 12.7 Å². The number of nitrogens with one attached hydrogen (secondary N) is 1. The summed E-state index contributed by atoms with van der Waals surface area (Å²) in [5.74, 6) is 0.307. The second-order valence-corrected chi connectivity index (χ2v) is 10.4. The average Bonchev–Trinajstić information content (AvgIpc) is 3.02. The van der Waals surface area contributed by atoms with Gasteiger partial charge in [-0.25, -0.2) is 9.18 Å². The molecule has 0 aliphatic heterocycles. The number of unbranched alkanes of at least 4 members (excludes halogenated alkanes) is 2. The highest BCUT2D eigenvalue weighted by atomic mass is 19.1. The first-order valence-corrected chi connectivity index (χ1v) is 14.9. The van der Waals surface area contributed by atoms with Crippen LogP contribution in [-0.4, -0.2) is 26.2 Å². The lowest BCUT2D eigenvalue weighted by atomic mass is 9.97. The van der Waals surface area contributed by atoms with Gasteiger partial charge in [-0.05, 0) is 91.9 Å². The molecule has 5 nitrogen and oxygen atoms in total. The molecule has 0 bridgehead atoms. The summed E-state index contributed by atoms with van der Waals surface area (Å²) in [5.41, 5.74) is 6.11. The molecule has 0 unspecified atom stereocenters. The molecule has 6 heteroatoms. The van der Waals surface area contributed by atoms with Gasteiger partial charge >= 0.3 is 5.97 Å². The molecule has 0 saturated carbocycles. The number of hydrogen-bond donors (Lipinski definition) is 1. The van der Waals surface area contributed by atoms with Crippen molar-refractivity contribution in [1.29, 1.82) is 0 Å². The Kier molecular flexibility index (Phi) is 13.7. The van der Waals surface area contributed by atoms with E-state index >= 15 is 0 Å². The molecule has 0 aliphatic rings. The van der Waals surface area contributed by atoms with E-state index in [9.17, 15) is 9.18 Å². The molecule has 0 radical (unpaired) electrons. The molecule has 0 saturated heterocycles. The molecule has 0 aromatic heterocycles. The molecule has 3 rings (SSSR count). The molecule has 0 heterocycles. The zero-order valence-electron chi connectivity index (χ0n) is 25.9. The third kappa shape index (κ3) is 10.3. The largest absolute Gasteiger partial charge is 0.489 e. The Bertz CT molecular complexity index is 1430. The fourth-order valence-corrected chi connectivity index (χ4v) is 4.70. The van der Waals surface area contributed by atoms with Crippen LogP contribution in [0.1, 0.15) is 71.3 Å². The van der Waals surface area contributed by atoms with Crippen LogP contribution in [-0.2, 0) is 24.4 Å². The van der Waals surface area contributed by atoms with Crippen molar-refractivity contribution >= 4 is 11.5 Å². The lowest BCUT2D eigenvalue weighted by molar-refractivity contribution is 0.0600. The van der Waals surface area contributed by atoms with Gasteiger partial charge in [0.15, 0.2) is 0 Å². The predicted octanol–water partition coefficient (Wildman–Crippen LogP) is 8.55. The van der Waals surface area contributed by atoms with Crippen LogP contribution in [0.25, 0.3) is 5.57 Å². The Labute approximate surface area is 256 Å². The molecule has 0 spiro atoms. The lowest BCUT2D eigenvalue weighted by Gasteiger charge is -2.16. The number of methoxy groups -OCH3 is 1. The van der Waals surface area contributed by atoms with Crippen LogP contribution in [0.2, 0.25) is 0 Å². The second kappa shape index (κ2) is 17.7. The third-order valence-electron chi connectivity index (χ3n) is 7.28. The van der Waals surface area contributed by atoms with E-state index in [1.54, 1.807) is 6.08 Å². The van der Waals surface area contributed by atoms with Gasteiger partial charge in [-0.2, -0.15) is 0 Å². The van der Waals surface area contributed by atoms with Crippen molar-refractivity contribution in [2.45, 2.75) is 59.7 Å². The van der Waals surface area contributed by atoms with E-state index in [1.807, 2.05) is 36.4 Å². The SMILES string of the molecule is C=CC=CC=C(C)c1cccc(COc2ccc(CCNCCCCC)c(OCc3cc(C(=O)OC)ccc3F)c2)c1C. The predicted molar refractivity (Wildman–Crippen MR) is 173 cm³/mol. The Balaban J connectivity index is 1.78. The molecular formula is C37H44FNO4. The Hall–Kier alpha value is -4.16. The maximum atomic E-state index is 14.6. The fraction of sp³-hybridized carbons (Fsp3) is 0.324. The molecule has 0 amide bonds. The maximum Gasteiger partial charge on any atom is 0.337 e. The molecule has 0 aliphatic carbocycles. The maximum absolute atomic E-state index is 14.6. The number of carbonyl (C=O) groups excluding carboxylic acids is 1. The van der Waals surface area contributed by atoms with Gasteiger partial charge in [-0.1, -0.05) is 74.9 Å². The molecular weight excluding hydrogens is 541 g/mol. The standard InChI is InChI=1S/C37H44FNO4/c1-6-8-10-13-27(3)34-15-12-14-31(28(34)4)25-42-33-18-16-29(20-22-39-21-11-9-7-2)36(24-33)43-26-32-23-30(37(40)41-5)17-19-35(32)38/h6,8,10,12-19,23-24,39H,1,7,9,11,20-22,25-26H2,2-5H3. The van der Waals surface area contributed by atoms with Crippen molar-refractivity contribution in [3.05, 3.63) is 125 Å². The first kappa shape index (κ1) is 33.3. The molecule has 0 fully saturated rings. The van der Waals surface area contributed by atoms with Gasteiger partial charge in [-0.15, -0.1) is 0 Å². The Morgan fingerprint density at radius 1 is 0.953 bits per heavy atom. The summed E-state index contributed by atoms with van der Waals surface area (Å²) in [4.78, 5) is 12.0. The summed E-state index contributed by atoms with van der Waals surface area (Å²) in [7, 11) is 1.30. The topological polar surface area (TPSA) is 56.8 Å². The van der Waals surface area contributed by atoms with Gasteiger partial charge in [0.25, 0.3) is 0 Å². The second-order valence-electron chi connectivity index (χ2n) is 10.4. The van der Waals surface area contributed by atoms with Gasteiger partial charge in [0.2, 0.25) is 0 Å². The van der Waals surface area contributed by atoms with Crippen LogP contribution >= 0.6 is 0 Å². The number of halogens is 1. The highest BCUT2D eigenvalue weighted by Crippen LogP contribution is 2.29. The molecule has 228 valence electrons. The summed E-state index contributed by atoms with van der Waals surface area (Å²) in [6.07, 6.45) is 12.0. The highest BCUT2D eigenvalue weighted by Gasteiger charge is 2.13. The minimum atomic E-state index is -0.523. The van der Waals surface area contributed by atoms with Gasteiger partial charge in [0, 0.05) is 11.6 Å². The van der Waals surface area contributed by atoms with E-state index in [1.165, 1.54) is 38.2 Å². The number of ether oxygens (including phenoxy) is 3. The third-order valence-corrected chi connectivity index (χ3v) is 7.28. The van der Waals surface area contributed by atoms with Crippen molar-refractivity contribution in [1.82, 2.24) is 5.32 Å². The zero-order valence-corrected chi connectivity index (χ0v) is 25.9. The van der Waals surface area contributed by atoms with E-state index in [-0.39, 0.29) is 17.7 Å². The quantitative estimate of drug-likeness (QED) is 0.0977. The summed E-state index contributed by atoms with van der Waals surface area (Å²) >= 11 is 0. The van der Waals surface area contributed by atoms with Crippen molar-refractivity contribution in [2.24, 2.45) is 0 Å². The molecule has 3 aromatic carbocycles. The first-order chi connectivity index (χ1) is 20.9. The van der Waals surface area contributed by atoms with E-state index in [0.29, 0.717) is 18.1 Å². The normalized spacial score (nSPS) is 11.5. The summed E-state index contributed by atoms with van der Waals surface area (Å²) in [6.45, 7) is 12.2. The molecule has 1 N–H and O–H groups in total. The van der Waals surface area contributed by atoms with Crippen LogP contribution < -0.4 is 14.8 Å². The van der Waals surface area contributed by atoms with Crippen LogP contribution in [0, 0.1) is 12.7 Å². The average molecular weight is 586 g/mol. The summed E-state index contributed by atoms with van der Waals surface area (Å²) in [5, 5.41) is 3.49. The fourth-order valence-electron chi connectivity index (χ4n) is 4.70. The van der Waals surface area contributed by atoms with Gasteiger partial charge in [0.1, 0.15) is 30.5 Å². The number of hydrogen-bond acceptors (Lipinski definition) is 5. The van der Waals surface area contributed by atoms with Crippen molar-refractivity contribution in [3.63, 3.8) is 0 Å². The summed E-state index contributed by atoms with van der Waals surface area (Å²) < 4.78 is 31.8. The number of carbonyl (C=O) groups is 1. The van der Waals surface area contributed by atoms with E-state index in [2.05, 4.69) is 50.9 Å². The van der Waals surface area contributed by atoms with Crippen molar-refractivity contribution in [3.8, 4) is 11.5 Å². The number of allylic oxidation sites excluding steroid dienone is 5. The monoisotopic (exact) mass is 585 g/mol. The van der Waals surface area contributed by atoms with E-state index in [4.69, 9.17) is 14.2 Å². The van der Waals surface area contributed by atoms with Gasteiger partial charge < -0.3 is 19.5 Å². The number of esters is 1. The molecule has 43 heavy (non-hydrogen) atoms. The lowest BCUT2D eigenvalue weighted by Crippen LogP contribution is -2.18. The first-order valence-electron chi connectivity index (χ1n) is 14.9. The van der Waals surface area contributed by atoms with Crippen LogP contribution in [0.3, 0.4) is 0 Å². The van der Waals surface area contributed by atoms with Crippen LogP contribution in [0.5, 0.6) is 11.5 Å². The summed E-state index contributed by atoms with van der Waals surface area (Å²) in [6, 6.07) is 16.2. The zero-order chi connectivity index (χ0) is 31.0. The van der Waals surface area contributed by atoms with E-state index < -0.39 is 11.8 Å². The highest BCUT2D eigenvalue weighted by molar-refractivity contribution is 5.89. The van der Waals surface area contributed by atoms with Gasteiger partial charge in [-0.3, -0.25) is 0 Å². The smallest absolute Gasteiger partial charge is 0.337 e. The minimum absolute atomic E-state index is 0.0376. The van der Waals surface area contributed by atoms with Crippen molar-refractivity contribution < 1.29 is 23.4 Å². The van der Waals surface area contributed by atoms with Crippen molar-refractivity contribution in [2.75, 3.05) is 20.2 Å². The Morgan fingerprint density at radius 2 is 1.77 bits per heavy atom. The minimum Gasteiger partial charge on any atom is -0.489 e. The molecule has 3 aromatic rings. The number of rotatable bonds is 17. The van der Waals surface area contributed by atoms with Crippen LogP contribution in [0.4, 0.5) is 4.39 Å². The Morgan fingerprint density at radius 3 is 2.53 bits per heavy atom. The van der Waals surface area contributed by atoms with E-state index in [0.717, 1.165) is 53.8 Å². The molecule has 0 atom stereocenters.